The third kappa shape index (κ3) is 5.72. The van der Waals surface area contributed by atoms with Gasteiger partial charge in [0.05, 0.1) is 6.26 Å². The van der Waals surface area contributed by atoms with E-state index in [1.807, 2.05) is 0 Å². The lowest BCUT2D eigenvalue weighted by molar-refractivity contribution is 0.579. The lowest BCUT2D eigenvalue weighted by Gasteiger charge is -2.06. The van der Waals surface area contributed by atoms with Crippen molar-refractivity contribution in [3.8, 4) is 0 Å². The molecule has 1 saturated carbocycles. The molecule has 1 fully saturated rings. The Balaban J connectivity index is 1.60. The number of benzene rings is 1. The highest BCUT2D eigenvalue weighted by atomic mass is 32.2. The van der Waals surface area contributed by atoms with E-state index in [4.69, 9.17) is 0 Å². The van der Waals surface area contributed by atoms with Crippen LogP contribution < -0.4 is 10.0 Å². The van der Waals surface area contributed by atoms with Gasteiger partial charge in [-0.1, -0.05) is 24.3 Å². The summed E-state index contributed by atoms with van der Waals surface area (Å²) >= 11 is 0. The van der Waals surface area contributed by atoms with E-state index in [1.54, 1.807) is 0 Å². The zero-order valence-electron chi connectivity index (χ0n) is 11.4. The molecule has 0 heterocycles. The summed E-state index contributed by atoms with van der Waals surface area (Å²) in [6, 6.07) is 8.80. The molecule has 0 aromatic heterocycles. The molecule has 0 aliphatic heterocycles. The third-order valence-corrected chi connectivity index (χ3v) is 3.98. The van der Waals surface area contributed by atoms with Crippen molar-refractivity contribution >= 4 is 10.0 Å². The maximum atomic E-state index is 10.8. The Hall–Kier alpha value is -0.910. The normalized spacial score (nSPS) is 15.6. The van der Waals surface area contributed by atoms with Crippen molar-refractivity contribution in [2.45, 2.75) is 31.7 Å². The van der Waals surface area contributed by atoms with Gasteiger partial charge in [0.15, 0.2) is 0 Å². The van der Waals surface area contributed by atoms with Gasteiger partial charge in [-0.2, -0.15) is 0 Å². The largest absolute Gasteiger partial charge is 0.313 e. The van der Waals surface area contributed by atoms with Crippen molar-refractivity contribution in [3.05, 3.63) is 35.4 Å². The Bertz CT molecular complexity index is 493. The molecule has 0 amide bonds. The highest BCUT2D eigenvalue weighted by Gasteiger charge is 2.22. The van der Waals surface area contributed by atoms with Crippen LogP contribution in [0.3, 0.4) is 0 Å². The first-order valence-electron chi connectivity index (χ1n) is 6.79. The van der Waals surface area contributed by atoms with Gasteiger partial charge >= 0.3 is 0 Å². The van der Waals surface area contributed by atoms with Crippen LogP contribution in [0.5, 0.6) is 0 Å². The van der Waals surface area contributed by atoms with Crippen LogP contribution in [0.4, 0.5) is 0 Å². The molecule has 1 aromatic carbocycles. The van der Waals surface area contributed by atoms with Gasteiger partial charge in [-0.05, 0) is 42.9 Å². The van der Waals surface area contributed by atoms with Crippen molar-refractivity contribution < 1.29 is 8.42 Å². The number of sulfonamides is 1. The van der Waals surface area contributed by atoms with Crippen LogP contribution in [-0.2, 0) is 16.6 Å². The van der Waals surface area contributed by atoms with Crippen LogP contribution >= 0.6 is 0 Å². The monoisotopic (exact) mass is 282 g/mol. The van der Waals surface area contributed by atoms with Gasteiger partial charge in [-0.15, -0.1) is 0 Å². The van der Waals surface area contributed by atoms with Crippen LogP contribution in [0.1, 0.15) is 36.3 Å². The van der Waals surface area contributed by atoms with Crippen LogP contribution in [0.2, 0.25) is 0 Å². The van der Waals surface area contributed by atoms with E-state index < -0.39 is 10.0 Å². The van der Waals surface area contributed by atoms with Crippen molar-refractivity contribution in [2.75, 3.05) is 19.3 Å². The summed E-state index contributed by atoms with van der Waals surface area (Å²) in [6.45, 7) is 2.14. The van der Waals surface area contributed by atoms with Gasteiger partial charge in [-0.3, -0.25) is 0 Å². The highest BCUT2D eigenvalue weighted by Crippen LogP contribution is 2.39. The van der Waals surface area contributed by atoms with Gasteiger partial charge in [-0.25, -0.2) is 13.1 Å². The van der Waals surface area contributed by atoms with Gasteiger partial charge in [0.1, 0.15) is 0 Å². The second-order valence-electron chi connectivity index (χ2n) is 5.21. The van der Waals surface area contributed by atoms with Crippen LogP contribution in [0, 0.1) is 0 Å². The maximum absolute atomic E-state index is 10.8. The van der Waals surface area contributed by atoms with Gasteiger partial charge in [0, 0.05) is 13.1 Å². The lowest BCUT2D eigenvalue weighted by atomic mass is 10.1. The fraction of sp³-hybridized carbons (Fsp3) is 0.571. The molecule has 106 valence electrons. The summed E-state index contributed by atoms with van der Waals surface area (Å²) < 4.78 is 24.2. The molecule has 0 unspecified atom stereocenters. The van der Waals surface area contributed by atoms with Crippen molar-refractivity contribution in [1.82, 2.24) is 10.0 Å². The SMILES string of the molecule is CS(=O)(=O)NCCCNCc1ccc(C2CC2)cc1. The molecule has 1 aliphatic carbocycles. The summed E-state index contributed by atoms with van der Waals surface area (Å²) in [5.41, 5.74) is 2.74. The minimum atomic E-state index is -3.05. The van der Waals surface area contributed by atoms with E-state index in [2.05, 4.69) is 34.3 Å². The molecule has 0 saturated heterocycles. The molecule has 19 heavy (non-hydrogen) atoms. The first-order chi connectivity index (χ1) is 9.04. The predicted molar refractivity (Wildman–Crippen MR) is 77.6 cm³/mol. The van der Waals surface area contributed by atoms with E-state index in [9.17, 15) is 8.42 Å². The maximum Gasteiger partial charge on any atom is 0.208 e. The van der Waals surface area contributed by atoms with Crippen LogP contribution in [-0.4, -0.2) is 27.8 Å². The molecule has 4 nitrogen and oxygen atoms in total. The number of nitrogens with one attached hydrogen (secondary N) is 2. The minimum absolute atomic E-state index is 0.493. The highest BCUT2D eigenvalue weighted by molar-refractivity contribution is 7.88. The van der Waals surface area contributed by atoms with Crippen LogP contribution in [0.15, 0.2) is 24.3 Å². The lowest BCUT2D eigenvalue weighted by Crippen LogP contribution is -2.26. The van der Waals surface area contributed by atoms with E-state index in [0.717, 1.165) is 25.4 Å². The Labute approximate surface area is 115 Å². The second-order valence-corrected chi connectivity index (χ2v) is 7.05. The smallest absolute Gasteiger partial charge is 0.208 e. The summed E-state index contributed by atoms with van der Waals surface area (Å²) in [7, 11) is -3.05. The van der Waals surface area contributed by atoms with Gasteiger partial charge in [0.2, 0.25) is 10.0 Å². The predicted octanol–water partition coefficient (Wildman–Crippen LogP) is 1.59. The fourth-order valence-corrected chi connectivity index (χ4v) is 2.54. The van der Waals surface area contributed by atoms with E-state index >= 15 is 0 Å². The molecule has 0 spiro atoms. The van der Waals surface area contributed by atoms with E-state index in [0.29, 0.717) is 6.54 Å². The van der Waals surface area contributed by atoms with Crippen molar-refractivity contribution in [2.24, 2.45) is 0 Å². The van der Waals surface area contributed by atoms with E-state index in [-0.39, 0.29) is 0 Å². The molecular formula is C14H22N2O2S. The second kappa shape index (κ2) is 6.50. The molecular weight excluding hydrogens is 260 g/mol. The molecule has 2 rings (SSSR count). The average Bonchev–Trinajstić information content (AvgIpc) is 3.17. The quantitative estimate of drug-likeness (QED) is 0.712. The van der Waals surface area contributed by atoms with E-state index in [1.165, 1.54) is 30.2 Å². The Morgan fingerprint density at radius 1 is 1.16 bits per heavy atom. The average molecular weight is 282 g/mol. The first-order valence-corrected chi connectivity index (χ1v) is 8.68. The number of hydrogen-bond donors (Lipinski definition) is 2. The molecule has 0 bridgehead atoms. The van der Waals surface area contributed by atoms with Gasteiger partial charge in [0.25, 0.3) is 0 Å². The Morgan fingerprint density at radius 2 is 1.84 bits per heavy atom. The molecule has 0 radical (unpaired) electrons. The third-order valence-electron chi connectivity index (χ3n) is 3.25. The summed E-state index contributed by atoms with van der Waals surface area (Å²) in [4.78, 5) is 0. The Morgan fingerprint density at radius 3 is 2.42 bits per heavy atom. The standard InChI is InChI=1S/C14H22N2O2S/c1-19(17,18)16-10-2-9-15-11-12-3-5-13(6-4-12)14-7-8-14/h3-6,14-16H,2,7-11H2,1H3. The number of rotatable bonds is 8. The first kappa shape index (κ1) is 14.5. The number of hydrogen-bond acceptors (Lipinski definition) is 3. The summed E-state index contributed by atoms with van der Waals surface area (Å²) in [5, 5.41) is 3.32. The summed E-state index contributed by atoms with van der Waals surface area (Å²) in [5.74, 6) is 0.809. The Kier molecular flexibility index (Phi) is 4.96. The molecule has 5 heteroatoms. The zero-order chi connectivity index (χ0) is 13.7. The van der Waals surface area contributed by atoms with Crippen molar-refractivity contribution in [1.29, 1.82) is 0 Å². The molecule has 0 atom stereocenters. The topological polar surface area (TPSA) is 58.2 Å². The van der Waals surface area contributed by atoms with Crippen molar-refractivity contribution in [3.63, 3.8) is 0 Å². The summed E-state index contributed by atoms with van der Waals surface area (Å²) in [6.07, 6.45) is 4.66. The zero-order valence-corrected chi connectivity index (χ0v) is 12.2. The molecule has 1 aliphatic rings. The molecule has 1 aromatic rings. The minimum Gasteiger partial charge on any atom is -0.313 e. The van der Waals surface area contributed by atoms with Crippen LogP contribution in [0.25, 0.3) is 0 Å². The fourth-order valence-electron chi connectivity index (χ4n) is 2.03. The molecule has 2 N–H and O–H groups in total. The van der Waals surface area contributed by atoms with Gasteiger partial charge < -0.3 is 5.32 Å².